The Hall–Kier alpha value is -1.02. The lowest BCUT2D eigenvalue weighted by Gasteiger charge is -2.32. The van der Waals surface area contributed by atoms with Crippen molar-refractivity contribution in [1.82, 2.24) is 9.97 Å². The molecular formula is C15H16BrN4S2+. The van der Waals surface area contributed by atoms with Crippen molar-refractivity contribution in [2.75, 3.05) is 31.1 Å². The van der Waals surface area contributed by atoms with E-state index in [9.17, 15) is 0 Å². The molecule has 1 N–H and O–H groups in total. The van der Waals surface area contributed by atoms with Crippen molar-refractivity contribution in [2.24, 2.45) is 0 Å². The summed E-state index contributed by atoms with van der Waals surface area (Å²) < 4.78 is 1.22. The van der Waals surface area contributed by atoms with Crippen molar-refractivity contribution >= 4 is 54.6 Å². The van der Waals surface area contributed by atoms with E-state index in [2.05, 4.69) is 54.4 Å². The second-order valence-electron chi connectivity index (χ2n) is 5.46. The van der Waals surface area contributed by atoms with Crippen molar-refractivity contribution in [1.29, 1.82) is 0 Å². The Kier molecular flexibility index (Phi) is 4.13. The Morgan fingerprint density at radius 3 is 2.82 bits per heavy atom. The number of quaternary nitrogens is 1. The van der Waals surface area contributed by atoms with Crippen LogP contribution in [0.2, 0.25) is 0 Å². The van der Waals surface area contributed by atoms with E-state index < -0.39 is 0 Å². The molecule has 3 aromatic rings. The fourth-order valence-corrected chi connectivity index (χ4v) is 5.22. The van der Waals surface area contributed by atoms with E-state index in [1.165, 1.54) is 14.0 Å². The molecule has 114 valence electrons. The molecule has 3 aromatic heterocycles. The zero-order valence-electron chi connectivity index (χ0n) is 12.0. The minimum Gasteiger partial charge on any atom is -0.345 e. The van der Waals surface area contributed by atoms with Gasteiger partial charge in [0.25, 0.3) is 0 Å². The second-order valence-corrected chi connectivity index (χ2v) is 8.90. The van der Waals surface area contributed by atoms with Gasteiger partial charge in [-0.3, -0.25) is 0 Å². The number of piperazine rings is 1. The molecule has 1 saturated heterocycles. The molecule has 22 heavy (non-hydrogen) atoms. The van der Waals surface area contributed by atoms with Gasteiger partial charge in [-0.2, -0.15) is 0 Å². The third-order valence-corrected chi connectivity index (χ3v) is 6.51. The van der Waals surface area contributed by atoms with Gasteiger partial charge in [-0.25, -0.2) is 9.97 Å². The Balaban J connectivity index is 1.44. The summed E-state index contributed by atoms with van der Waals surface area (Å²) in [5, 5.41) is 3.29. The van der Waals surface area contributed by atoms with Crippen LogP contribution in [-0.4, -0.2) is 36.1 Å². The molecule has 1 aliphatic rings. The topological polar surface area (TPSA) is 33.5 Å². The molecule has 0 atom stereocenters. The molecule has 0 amide bonds. The van der Waals surface area contributed by atoms with Crippen molar-refractivity contribution in [3.63, 3.8) is 0 Å². The summed E-state index contributed by atoms with van der Waals surface area (Å²) >= 11 is 7.07. The van der Waals surface area contributed by atoms with E-state index in [1.54, 1.807) is 22.6 Å². The number of nitrogens with zero attached hydrogens (tertiary/aromatic N) is 3. The van der Waals surface area contributed by atoms with Crippen molar-refractivity contribution in [3.05, 3.63) is 38.6 Å². The van der Waals surface area contributed by atoms with Crippen molar-refractivity contribution in [3.8, 4) is 0 Å². The van der Waals surface area contributed by atoms with Gasteiger partial charge in [0.2, 0.25) is 0 Å². The zero-order valence-corrected chi connectivity index (χ0v) is 15.2. The lowest BCUT2D eigenvalue weighted by molar-refractivity contribution is -0.914. The molecule has 4 rings (SSSR count). The molecule has 0 radical (unpaired) electrons. The number of halogens is 1. The quantitative estimate of drug-likeness (QED) is 0.739. The van der Waals surface area contributed by atoms with E-state index in [-0.39, 0.29) is 0 Å². The minimum atomic E-state index is 1.06. The lowest BCUT2D eigenvalue weighted by Crippen LogP contribution is -3.13. The number of rotatable bonds is 3. The van der Waals surface area contributed by atoms with Gasteiger partial charge in [0.1, 0.15) is 23.5 Å². The predicted octanol–water partition coefficient (Wildman–Crippen LogP) is 2.42. The maximum Gasteiger partial charge on any atom is 0.141 e. The van der Waals surface area contributed by atoms with Crippen LogP contribution in [0.25, 0.3) is 10.2 Å². The number of hydrogen-bond donors (Lipinski definition) is 1. The first-order chi connectivity index (χ1) is 10.8. The fraction of sp³-hybridized carbons (Fsp3) is 0.333. The number of thiophene rings is 2. The maximum atomic E-state index is 4.52. The van der Waals surface area contributed by atoms with Crippen LogP contribution in [0.1, 0.15) is 4.88 Å². The van der Waals surface area contributed by atoms with Crippen LogP contribution in [0.5, 0.6) is 0 Å². The predicted molar refractivity (Wildman–Crippen MR) is 96.0 cm³/mol. The standard InChI is InChI=1S/C15H15BrN4S2/c16-13-2-1-11(22-13)9-19-4-6-20(7-5-19)14-12-3-8-21-15(12)18-10-17-14/h1-3,8,10H,4-7,9H2/p+1. The first kappa shape index (κ1) is 14.6. The molecule has 0 saturated carbocycles. The minimum absolute atomic E-state index is 1.06. The van der Waals surface area contributed by atoms with Gasteiger partial charge in [0, 0.05) is 0 Å². The molecule has 0 aromatic carbocycles. The lowest BCUT2D eigenvalue weighted by atomic mass is 10.2. The van der Waals surface area contributed by atoms with E-state index >= 15 is 0 Å². The van der Waals surface area contributed by atoms with Gasteiger partial charge in [-0.1, -0.05) is 0 Å². The third kappa shape index (κ3) is 2.90. The summed E-state index contributed by atoms with van der Waals surface area (Å²) in [6, 6.07) is 6.51. The van der Waals surface area contributed by atoms with Gasteiger partial charge >= 0.3 is 0 Å². The van der Waals surface area contributed by atoms with Gasteiger partial charge in [0.05, 0.1) is 40.2 Å². The van der Waals surface area contributed by atoms with E-state index in [4.69, 9.17) is 0 Å². The Labute approximate surface area is 145 Å². The molecule has 4 nitrogen and oxygen atoms in total. The number of hydrogen-bond acceptors (Lipinski definition) is 5. The number of aromatic nitrogens is 2. The average Bonchev–Trinajstić information content (AvgIpc) is 3.16. The highest BCUT2D eigenvalue weighted by Crippen LogP contribution is 2.26. The van der Waals surface area contributed by atoms with Crippen LogP contribution in [0.4, 0.5) is 5.82 Å². The summed E-state index contributed by atoms with van der Waals surface area (Å²) in [5.41, 5.74) is 0. The average molecular weight is 396 g/mol. The normalized spacial score (nSPS) is 16.5. The zero-order chi connectivity index (χ0) is 14.9. The van der Waals surface area contributed by atoms with Crippen LogP contribution < -0.4 is 9.80 Å². The number of anilines is 1. The van der Waals surface area contributed by atoms with Gasteiger partial charge in [-0.15, -0.1) is 22.7 Å². The van der Waals surface area contributed by atoms with Gasteiger partial charge < -0.3 is 9.80 Å². The summed E-state index contributed by atoms with van der Waals surface area (Å²) in [5.74, 6) is 1.10. The molecule has 0 spiro atoms. The summed E-state index contributed by atoms with van der Waals surface area (Å²) in [6.45, 7) is 5.56. The Morgan fingerprint density at radius 2 is 2.05 bits per heavy atom. The summed E-state index contributed by atoms with van der Waals surface area (Å²) in [7, 11) is 0. The first-order valence-electron chi connectivity index (χ1n) is 7.30. The molecule has 0 bridgehead atoms. The first-order valence-corrected chi connectivity index (χ1v) is 9.79. The van der Waals surface area contributed by atoms with Crippen LogP contribution >= 0.6 is 38.6 Å². The molecule has 1 fully saturated rings. The number of nitrogens with one attached hydrogen (secondary N) is 1. The van der Waals surface area contributed by atoms with Crippen LogP contribution in [0.15, 0.2) is 33.7 Å². The third-order valence-electron chi connectivity index (χ3n) is 4.06. The van der Waals surface area contributed by atoms with E-state index in [1.807, 2.05) is 11.3 Å². The monoisotopic (exact) mass is 395 g/mol. The largest absolute Gasteiger partial charge is 0.345 e. The van der Waals surface area contributed by atoms with Crippen molar-refractivity contribution < 1.29 is 4.90 Å². The van der Waals surface area contributed by atoms with Crippen LogP contribution in [0, 0.1) is 0 Å². The van der Waals surface area contributed by atoms with Crippen molar-refractivity contribution in [2.45, 2.75) is 6.54 Å². The molecule has 4 heterocycles. The number of fused-ring (bicyclic) bond motifs is 1. The fourth-order valence-electron chi connectivity index (χ4n) is 2.93. The summed E-state index contributed by atoms with van der Waals surface area (Å²) in [4.78, 5) is 15.5. The maximum absolute atomic E-state index is 4.52. The van der Waals surface area contributed by atoms with Gasteiger partial charge in [0.15, 0.2) is 0 Å². The van der Waals surface area contributed by atoms with E-state index in [0.29, 0.717) is 0 Å². The van der Waals surface area contributed by atoms with E-state index in [0.717, 1.165) is 43.4 Å². The molecular weight excluding hydrogens is 380 g/mol. The SMILES string of the molecule is Brc1ccc(C[NH+]2CCN(c3ncnc4sccc34)CC2)s1. The Morgan fingerprint density at radius 1 is 1.18 bits per heavy atom. The van der Waals surface area contributed by atoms with Crippen LogP contribution in [0.3, 0.4) is 0 Å². The molecule has 0 aliphatic carbocycles. The molecule has 1 aliphatic heterocycles. The van der Waals surface area contributed by atoms with Crippen LogP contribution in [-0.2, 0) is 6.54 Å². The highest BCUT2D eigenvalue weighted by Gasteiger charge is 2.23. The highest BCUT2D eigenvalue weighted by atomic mass is 79.9. The molecule has 0 unspecified atom stereocenters. The second kappa shape index (κ2) is 6.23. The Bertz CT molecular complexity index is 777. The molecule has 7 heteroatoms. The highest BCUT2D eigenvalue weighted by molar-refractivity contribution is 9.11. The summed E-state index contributed by atoms with van der Waals surface area (Å²) in [6.07, 6.45) is 1.69. The van der Waals surface area contributed by atoms with Gasteiger partial charge in [-0.05, 0) is 39.5 Å². The smallest absolute Gasteiger partial charge is 0.141 e.